The predicted molar refractivity (Wildman–Crippen MR) is 59.8 cm³/mol. The van der Waals surface area contributed by atoms with Crippen molar-refractivity contribution in [3.05, 3.63) is 35.5 Å². The number of aliphatic hydroxyl groups excluding tert-OH is 1. The van der Waals surface area contributed by atoms with Crippen LogP contribution in [0.5, 0.6) is 0 Å². The van der Waals surface area contributed by atoms with Crippen LogP contribution in [0.3, 0.4) is 0 Å². The van der Waals surface area contributed by atoms with Crippen LogP contribution in [0, 0.1) is 12.7 Å². The highest BCUT2D eigenvalue weighted by Crippen LogP contribution is 2.19. The van der Waals surface area contributed by atoms with Gasteiger partial charge in [0.1, 0.15) is 5.82 Å². The van der Waals surface area contributed by atoms with Crippen molar-refractivity contribution < 1.29 is 14.0 Å². The van der Waals surface area contributed by atoms with Gasteiger partial charge in [-0.25, -0.2) is 4.39 Å². The number of hydrogen-bond donors (Lipinski definition) is 1. The molecule has 0 atom stereocenters. The van der Waals surface area contributed by atoms with Crippen LogP contribution in [0.1, 0.15) is 17.9 Å². The van der Waals surface area contributed by atoms with Gasteiger partial charge in [-0.3, -0.25) is 0 Å². The Hall–Kier alpha value is -1.75. The number of aromatic nitrogens is 2. The molecule has 0 bridgehead atoms. The average Bonchev–Trinajstić information content (AvgIpc) is 2.79. The molecule has 0 spiro atoms. The smallest absolute Gasteiger partial charge is 0.227 e. The van der Waals surface area contributed by atoms with Gasteiger partial charge in [0.05, 0.1) is 0 Å². The first kappa shape index (κ1) is 11.7. The zero-order chi connectivity index (χ0) is 12.3. The minimum Gasteiger partial charge on any atom is -0.396 e. The normalized spacial score (nSPS) is 10.8. The molecule has 0 aliphatic heterocycles. The van der Waals surface area contributed by atoms with E-state index in [4.69, 9.17) is 9.63 Å². The summed E-state index contributed by atoms with van der Waals surface area (Å²) < 4.78 is 18.4. The molecule has 17 heavy (non-hydrogen) atoms. The third-order valence-electron chi connectivity index (χ3n) is 2.45. The molecule has 0 radical (unpaired) electrons. The quantitative estimate of drug-likeness (QED) is 0.883. The second-order valence-corrected chi connectivity index (χ2v) is 3.80. The highest BCUT2D eigenvalue weighted by atomic mass is 19.1. The number of halogens is 1. The largest absolute Gasteiger partial charge is 0.396 e. The number of benzene rings is 1. The zero-order valence-electron chi connectivity index (χ0n) is 9.48. The molecule has 1 N–H and O–H groups in total. The fourth-order valence-corrected chi connectivity index (χ4v) is 1.44. The number of aryl methyl sites for hydroxylation is 2. The number of nitrogens with zero attached hydrogens (tertiary/aromatic N) is 2. The second-order valence-electron chi connectivity index (χ2n) is 3.80. The standard InChI is InChI=1S/C12H13FN2O2/c1-8-4-5-9(7-10(8)13)12-14-11(17-15-12)3-2-6-16/h4-5,7,16H,2-3,6H2,1H3. The van der Waals surface area contributed by atoms with Crippen molar-refractivity contribution in [2.45, 2.75) is 19.8 Å². The maximum Gasteiger partial charge on any atom is 0.227 e. The summed E-state index contributed by atoms with van der Waals surface area (Å²) in [5, 5.41) is 12.5. The molecule has 1 aromatic heterocycles. The molecule has 4 nitrogen and oxygen atoms in total. The first-order valence-corrected chi connectivity index (χ1v) is 5.40. The molecular weight excluding hydrogens is 223 g/mol. The van der Waals surface area contributed by atoms with Crippen LogP contribution in [0.25, 0.3) is 11.4 Å². The summed E-state index contributed by atoms with van der Waals surface area (Å²) in [6, 6.07) is 4.81. The van der Waals surface area contributed by atoms with Crippen LogP contribution in [0.15, 0.2) is 22.7 Å². The fourth-order valence-electron chi connectivity index (χ4n) is 1.44. The Labute approximate surface area is 98.1 Å². The SMILES string of the molecule is Cc1ccc(-c2noc(CCCO)n2)cc1F. The summed E-state index contributed by atoms with van der Waals surface area (Å²) in [4.78, 5) is 4.13. The van der Waals surface area contributed by atoms with E-state index >= 15 is 0 Å². The Morgan fingerprint density at radius 1 is 1.41 bits per heavy atom. The third-order valence-corrected chi connectivity index (χ3v) is 2.45. The summed E-state index contributed by atoms with van der Waals surface area (Å²) in [7, 11) is 0. The molecule has 0 fully saturated rings. The van der Waals surface area contributed by atoms with E-state index in [-0.39, 0.29) is 12.4 Å². The van der Waals surface area contributed by atoms with Crippen LogP contribution in [-0.4, -0.2) is 21.9 Å². The molecule has 0 saturated heterocycles. The molecule has 2 rings (SSSR count). The van der Waals surface area contributed by atoms with E-state index in [2.05, 4.69) is 10.1 Å². The van der Waals surface area contributed by atoms with Gasteiger partial charge >= 0.3 is 0 Å². The molecule has 0 amide bonds. The molecule has 2 aromatic rings. The topological polar surface area (TPSA) is 59.2 Å². The van der Waals surface area contributed by atoms with Crippen molar-refractivity contribution in [1.29, 1.82) is 0 Å². The first-order valence-electron chi connectivity index (χ1n) is 5.40. The summed E-state index contributed by atoms with van der Waals surface area (Å²) in [6.07, 6.45) is 1.10. The van der Waals surface area contributed by atoms with Crippen molar-refractivity contribution in [3.63, 3.8) is 0 Å². The summed E-state index contributed by atoms with van der Waals surface area (Å²) in [5.41, 5.74) is 1.17. The van der Waals surface area contributed by atoms with Gasteiger partial charge in [0.15, 0.2) is 0 Å². The van der Waals surface area contributed by atoms with Crippen molar-refractivity contribution >= 4 is 0 Å². The van der Waals surface area contributed by atoms with Gasteiger partial charge in [-0.2, -0.15) is 4.98 Å². The lowest BCUT2D eigenvalue weighted by Crippen LogP contribution is -1.90. The van der Waals surface area contributed by atoms with Crippen LogP contribution in [-0.2, 0) is 6.42 Å². The number of aliphatic hydroxyl groups is 1. The van der Waals surface area contributed by atoms with Crippen molar-refractivity contribution in [1.82, 2.24) is 10.1 Å². The molecule has 1 heterocycles. The minimum absolute atomic E-state index is 0.0802. The highest BCUT2D eigenvalue weighted by molar-refractivity contribution is 5.54. The lowest BCUT2D eigenvalue weighted by atomic mass is 10.1. The first-order chi connectivity index (χ1) is 8.20. The van der Waals surface area contributed by atoms with Crippen LogP contribution in [0.4, 0.5) is 4.39 Å². The van der Waals surface area contributed by atoms with Gasteiger partial charge in [0.2, 0.25) is 11.7 Å². The molecule has 0 saturated carbocycles. The highest BCUT2D eigenvalue weighted by Gasteiger charge is 2.09. The van der Waals surface area contributed by atoms with Crippen molar-refractivity contribution in [3.8, 4) is 11.4 Å². The van der Waals surface area contributed by atoms with Gasteiger partial charge in [0.25, 0.3) is 0 Å². The zero-order valence-corrected chi connectivity index (χ0v) is 9.48. The van der Waals surface area contributed by atoms with Crippen LogP contribution in [0.2, 0.25) is 0 Å². The van der Waals surface area contributed by atoms with Crippen molar-refractivity contribution in [2.24, 2.45) is 0 Å². The van der Waals surface area contributed by atoms with Gasteiger partial charge in [-0.1, -0.05) is 17.3 Å². The van der Waals surface area contributed by atoms with E-state index in [0.29, 0.717) is 35.7 Å². The lowest BCUT2D eigenvalue weighted by molar-refractivity contribution is 0.278. The summed E-state index contributed by atoms with van der Waals surface area (Å²) in [5.74, 6) is 0.538. The van der Waals surface area contributed by atoms with E-state index in [0.717, 1.165) is 0 Å². The summed E-state index contributed by atoms with van der Waals surface area (Å²) >= 11 is 0. The Kier molecular flexibility index (Phi) is 3.49. The van der Waals surface area contributed by atoms with Gasteiger partial charge in [-0.05, 0) is 25.0 Å². The molecule has 1 aromatic carbocycles. The number of hydrogen-bond acceptors (Lipinski definition) is 4. The molecule has 0 aliphatic carbocycles. The Bertz CT molecular complexity index is 511. The van der Waals surface area contributed by atoms with Gasteiger partial charge in [-0.15, -0.1) is 0 Å². The van der Waals surface area contributed by atoms with E-state index in [1.54, 1.807) is 19.1 Å². The van der Waals surface area contributed by atoms with Crippen molar-refractivity contribution in [2.75, 3.05) is 6.61 Å². The fraction of sp³-hybridized carbons (Fsp3) is 0.333. The predicted octanol–water partition coefficient (Wildman–Crippen LogP) is 2.11. The lowest BCUT2D eigenvalue weighted by Gasteiger charge is -1.97. The van der Waals surface area contributed by atoms with E-state index in [1.807, 2.05) is 0 Å². The Balaban J connectivity index is 2.21. The molecule has 0 unspecified atom stereocenters. The monoisotopic (exact) mass is 236 g/mol. The van der Waals surface area contributed by atoms with E-state index in [1.165, 1.54) is 6.07 Å². The molecule has 90 valence electrons. The number of rotatable bonds is 4. The van der Waals surface area contributed by atoms with Gasteiger partial charge < -0.3 is 9.63 Å². The molecular formula is C12H13FN2O2. The molecule has 5 heteroatoms. The second kappa shape index (κ2) is 5.05. The van der Waals surface area contributed by atoms with Crippen LogP contribution < -0.4 is 0 Å². The third kappa shape index (κ3) is 2.68. The summed E-state index contributed by atoms with van der Waals surface area (Å²) in [6.45, 7) is 1.78. The minimum atomic E-state index is -0.288. The van der Waals surface area contributed by atoms with Crippen LogP contribution >= 0.6 is 0 Å². The Morgan fingerprint density at radius 3 is 2.94 bits per heavy atom. The van der Waals surface area contributed by atoms with E-state index in [9.17, 15) is 4.39 Å². The van der Waals surface area contributed by atoms with Gasteiger partial charge in [0, 0.05) is 18.6 Å². The Morgan fingerprint density at radius 2 is 2.24 bits per heavy atom. The average molecular weight is 236 g/mol. The van der Waals surface area contributed by atoms with E-state index < -0.39 is 0 Å². The maximum atomic E-state index is 13.4. The molecule has 0 aliphatic rings. The maximum absolute atomic E-state index is 13.4.